The van der Waals surface area contributed by atoms with E-state index in [4.69, 9.17) is 0 Å². The lowest BCUT2D eigenvalue weighted by Crippen LogP contribution is -2.11. The molecule has 0 N–H and O–H groups in total. The van der Waals surface area contributed by atoms with Crippen LogP contribution in [0.25, 0.3) is 0 Å². The SMILES string of the molecule is Cc1nn(C)c(Cn2cnc3c2CCCC3)c1Br. The Morgan fingerprint density at radius 3 is 2.83 bits per heavy atom. The van der Waals surface area contributed by atoms with E-state index in [1.54, 1.807) is 0 Å². The van der Waals surface area contributed by atoms with Gasteiger partial charge in [0, 0.05) is 12.7 Å². The molecule has 5 heteroatoms. The molecule has 0 bridgehead atoms. The summed E-state index contributed by atoms with van der Waals surface area (Å²) < 4.78 is 5.34. The standard InChI is InChI=1S/C13H17BrN4/c1-9-13(14)12(17(2)16-9)7-18-8-15-10-5-3-4-6-11(10)18/h8H,3-7H2,1-2H3. The number of halogens is 1. The average molecular weight is 309 g/mol. The fourth-order valence-corrected chi connectivity index (χ4v) is 3.14. The molecule has 96 valence electrons. The number of aromatic nitrogens is 4. The second-order valence-corrected chi connectivity index (χ2v) is 5.74. The minimum Gasteiger partial charge on any atom is -0.328 e. The second-order valence-electron chi connectivity index (χ2n) is 4.94. The highest BCUT2D eigenvalue weighted by Gasteiger charge is 2.17. The van der Waals surface area contributed by atoms with E-state index in [-0.39, 0.29) is 0 Å². The average Bonchev–Trinajstić information content (AvgIpc) is 2.87. The van der Waals surface area contributed by atoms with Gasteiger partial charge in [0.05, 0.1) is 34.4 Å². The molecule has 2 heterocycles. The molecule has 18 heavy (non-hydrogen) atoms. The topological polar surface area (TPSA) is 35.6 Å². The number of hydrogen-bond acceptors (Lipinski definition) is 2. The van der Waals surface area contributed by atoms with Gasteiger partial charge in [-0.05, 0) is 48.5 Å². The lowest BCUT2D eigenvalue weighted by molar-refractivity contribution is 0.606. The van der Waals surface area contributed by atoms with Crippen molar-refractivity contribution in [3.8, 4) is 0 Å². The maximum Gasteiger partial charge on any atom is 0.0955 e. The summed E-state index contributed by atoms with van der Waals surface area (Å²) in [6, 6.07) is 0. The molecule has 0 saturated heterocycles. The molecule has 3 rings (SSSR count). The summed E-state index contributed by atoms with van der Waals surface area (Å²) in [4.78, 5) is 4.54. The number of fused-ring (bicyclic) bond motifs is 1. The molecule has 1 aliphatic carbocycles. The largest absolute Gasteiger partial charge is 0.328 e. The van der Waals surface area contributed by atoms with E-state index in [1.807, 2.05) is 25.0 Å². The van der Waals surface area contributed by atoms with Crippen molar-refractivity contribution in [3.05, 3.63) is 33.6 Å². The number of hydrogen-bond donors (Lipinski definition) is 0. The predicted molar refractivity (Wildman–Crippen MR) is 73.6 cm³/mol. The van der Waals surface area contributed by atoms with E-state index >= 15 is 0 Å². The summed E-state index contributed by atoms with van der Waals surface area (Å²) in [7, 11) is 2.00. The summed E-state index contributed by atoms with van der Waals surface area (Å²) in [6.45, 7) is 2.87. The highest BCUT2D eigenvalue weighted by Crippen LogP contribution is 2.24. The first-order chi connectivity index (χ1) is 8.66. The van der Waals surface area contributed by atoms with E-state index in [9.17, 15) is 0 Å². The van der Waals surface area contributed by atoms with Crippen LogP contribution in [0.2, 0.25) is 0 Å². The van der Waals surface area contributed by atoms with Gasteiger partial charge in [0.1, 0.15) is 0 Å². The molecular formula is C13H17BrN4. The van der Waals surface area contributed by atoms with Crippen molar-refractivity contribution in [3.63, 3.8) is 0 Å². The minimum atomic E-state index is 0.847. The molecular weight excluding hydrogens is 292 g/mol. The fourth-order valence-electron chi connectivity index (χ4n) is 2.68. The molecule has 0 aliphatic heterocycles. The number of nitrogens with zero attached hydrogens (tertiary/aromatic N) is 4. The van der Waals surface area contributed by atoms with Crippen LogP contribution >= 0.6 is 15.9 Å². The Balaban J connectivity index is 1.95. The Labute approximate surface area is 115 Å². The van der Waals surface area contributed by atoms with E-state index in [0.29, 0.717) is 0 Å². The molecule has 0 atom stereocenters. The zero-order valence-electron chi connectivity index (χ0n) is 10.8. The van der Waals surface area contributed by atoms with Crippen LogP contribution in [0.1, 0.15) is 35.6 Å². The summed E-state index contributed by atoms with van der Waals surface area (Å²) in [5, 5.41) is 4.44. The molecule has 4 nitrogen and oxygen atoms in total. The molecule has 2 aromatic heterocycles. The van der Waals surface area contributed by atoms with Gasteiger partial charge in [0.25, 0.3) is 0 Å². The molecule has 0 fully saturated rings. The zero-order chi connectivity index (χ0) is 12.7. The highest BCUT2D eigenvalue weighted by atomic mass is 79.9. The van der Waals surface area contributed by atoms with Crippen LogP contribution < -0.4 is 0 Å². The van der Waals surface area contributed by atoms with Crippen LogP contribution in [0.4, 0.5) is 0 Å². The van der Waals surface area contributed by atoms with Crippen LogP contribution in [-0.2, 0) is 26.4 Å². The number of rotatable bonds is 2. The Morgan fingerprint density at radius 2 is 2.11 bits per heavy atom. The number of imidazole rings is 1. The molecule has 2 aromatic rings. The fraction of sp³-hybridized carbons (Fsp3) is 0.538. The van der Waals surface area contributed by atoms with Crippen molar-refractivity contribution in [1.29, 1.82) is 0 Å². The van der Waals surface area contributed by atoms with Gasteiger partial charge in [-0.1, -0.05) is 0 Å². The second kappa shape index (κ2) is 4.53. The van der Waals surface area contributed by atoms with Gasteiger partial charge in [-0.25, -0.2) is 4.98 Å². The van der Waals surface area contributed by atoms with E-state index in [0.717, 1.165) is 29.6 Å². The van der Waals surface area contributed by atoms with Crippen LogP contribution in [-0.4, -0.2) is 19.3 Å². The summed E-state index contributed by atoms with van der Waals surface area (Å²) in [6.07, 6.45) is 6.82. The quantitative estimate of drug-likeness (QED) is 0.855. The van der Waals surface area contributed by atoms with Crippen LogP contribution in [0.3, 0.4) is 0 Å². The van der Waals surface area contributed by atoms with Gasteiger partial charge < -0.3 is 4.57 Å². The lowest BCUT2D eigenvalue weighted by Gasteiger charge is -2.14. The molecule has 1 aliphatic rings. The van der Waals surface area contributed by atoms with Crippen molar-refractivity contribution >= 4 is 15.9 Å². The number of aryl methyl sites for hydroxylation is 3. The van der Waals surface area contributed by atoms with E-state index in [1.165, 1.54) is 29.9 Å². The Kier molecular flexibility index (Phi) is 3.01. The van der Waals surface area contributed by atoms with Gasteiger partial charge in [-0.3, -0.25) is 4.68 Å². The van der Waals surface area contributed by atoms with Crippen LogP contribution in [0.5, 0.6) is 0 Å². The van der Waals surface area contributed by atoms with Crippen molar-refractivity contribution in [1.82, 2.24) is 19.3 Å². The molecule has 0 amide bonds. The third kappa shape index (κ3) is 1.90. The molecule has 0 saturated carbocycles. The van der Waals surface area contributed by atoms with E-state index < -0.39 is 0 Å². The molecule has 0 spiro atoms. The van der Waals surface area contributed by atoms with Gasteiger partial charge in [-0.15, -0.1) is 0 Å². The van der Waals surface area contributed by atoms with Crippen molar-refractivity contribution in [2.45, 2.75) is 39.2 Å². The van der Waals surface area contributed by atoms with Gasteiger partial charge in [0.15, 0.2) is 0 Å². The maximum atomic E-state index is 4.54. The predicted octanol–water partition coefficient (Wildman–Crippen LogP) is 2.61. The van der Waals surface area contributed by atoms with E-state index in [2.05, 4.69) is 30.6 Å². The first kappa shape index (κ1) is 12.0. The third-order valence-corrected chi connectivity index (χ3v) is 4.72. The third-order valence-electron chi connectivity index (χ3n) is 3.69. The first-order valence-electron chi connectivity index (χ1n) is 6.37. The molecule has 0 aromatic carbocycles. The van der Waals surface area contributed by atoms with Gasteiger partial charge in [-0.2, -0.15) is 5.10 Å². The minimum absolute atomic E-state index is 0.847. The zero-order valence-corrected chi connectivity index (χ0v) is 12.4. The lowest BCUT2D eigenvalue weighted by atomic mass is 10.0. The van der Waals surface area contributed by atoms with Crippen LogP contribution in [0, 0.1) is 6.92 Å². The van der Waals surface area contributed by atoms with Crippen molar-refractivity contribution in [2.24, 2.45) is 7.05 Å². The Morgan fingerprint density at radius 1 is 1.33 bits per heavy atom. The first-order valence-corrected chi connectivity index (χ1v) is 7.17. The molecule has 0 unspecified atom stereocenters. The molecule has 0 radical (unpaired) electrons. The Bertz CT molecular complexity index is 582. The Hall–Kier alpha value is -1.10. The van der Waals surface area contributed by atoms with Gasteiger partial charge >= 0.3 is 0 Å². The summed E-state index contributed by atoms with van der Waals surface area (Å²) >= 11 is 3.63. The summed E-state index contributed by atoms with van der Waals surface area (Å²) in [5.41, 5.74) is 4.95. The highest BCUT2D eigenvalue weighted by molar-refractivity contribution is 9.10. The van der Waals surface area contributed by atoms with Crippen molar-refractivity contribution < 1.29 is 0 Å². The monoisotopic (exact) mass is 308 g/mol. The van der Waals surface area contributed by atoms with Gasteiger partial charge in [0.2, 0.25) is 0 Å². The summed E-state index contributed by atoms with van der Waals surface area (Å²) in [5.74, 6) is 0. The van der Waals surface area contributed by atoms with Crippen LogP contribution in [0.15, 0.2) is 10.8 Å². The van der Waals surface area contributed by atoms with Crippen molar-refractivity contribution in [2.75, 3.05) is 0 Å². The normalized spacial score (nSPS) is 14.8. The maximum absolute atomic E-state index is 4.54. The smallest absolute Gasteiger partial charge is 0.0955 e.